The fraction of sp³-hybridized carbons (Fsp3) is 0.600. The number of nitrogens with zero attached hydrogens (tertiary/aromatic N) is 1. The van der Waals surface area contributed by atoms with E-state index >= 15 is 0 Å². The van der Waals surface area contributed by atoms with Gasteiger partial charge in [0.2, 0.25) is 0 Å². The predicted octanol–water partition coefficient (Wildman–Crippen LogP) is -2.01. The highest BCUT2D eigenvalue weighted by Gasteiger charge is 2.42. The Morgan fingerprint density at radius 3 is 2.37 bits per heavy atom. The van der Waals surface area contributed by atoms with Crippen molar-refractivity contribution >= 4 is 23.5 Å². The SMILES string of the molecule is NCc1cn([C@H]2C[C@H](O)[C@@H](COP(=O)(O)OP(=O)(O)OP(=O)(O)O)O2)c(=O)[nH]c1=O. The Balaban J connectivity index is 2.05. The van der Waals surface area contributed by atoms with Gasteiger partial charge in [0.1, 0.15) is 12.3 Å². The van der Waals surface area contributed by atoms with Gasteiger partial charge in [-0.2, -0.15) is 8.62 Å². The van der Waals surface area contributed by atoms with Crippen LogP contribution in [0.3, 0.4) is 0 Å². The first-order valence-electron chi connectivity index (χ1n) is 7.79. The summed E-state index contributed by atoms with van der Waals surface area (Å²) in [5.74, 6) is 0. The van der Waals surface area contributed by atoms with Crippen LogP contribution >= 0.6 is 23.5 Å². The molecule has 1 aromatic heterocycles. The van der Waals surface area contributed by atoms with Gasteiger partial charge < -0.3 is 35.2 Å². The lowest BCUT2D eigenvalue weighted by Crippen LogP contribution is -2.35. The van der Waals surface area contributed by atoms with Gasteiger partial charge in [0, 0.05) is 24.7 Å². The number of aromatic amines is 1. The number of aromatic nitrogens is 2. The number of H-pyrrole nitrogens is 1. The van der Waals surface area contributed by atoms with Crippen molar-refractivity contribution in [2.75, 3.05) is 6.61 Å². The standard InChI is InChI=1S/C10H18N3O14P3/c11-2-5-3-13(10(16)12-9(5)15)8-1-6(14)7(25-8)4-24-29(20,21)27-30(22,23)26-28(17,18)19/h3,6-8,14H,1-2,4,11H2,(H,20,21)(H,22,23)(H,12,15,16)(H2,17,18,19)/t6-,7+,8+/m0/s1. The molecular formula is C10H18N3O14P3. The number of rotatable bonds is 9. The van der Waals surface area contributed by atoms with E-state index in [1.54, 1.807) is 0 Å². The van der Waals surface area contributed by atoms with Crippen LogP contribution in [0, 0.1) is 0 Å². The van der Waals surface area contributed by atoms with E-state index in [0.29, 0.717) is 0 Å². The summed E-state index contributed by atoms with van der Waals surface area (Å²) >= 11 is 0. The van der Waals surface area contributed by atoms with Crippen molar-refractivity contribution < 1.29 is 56.3 Å². The lowest BCUT2D eigenvalue weighted by Gasteiger charge is -2.19. The molecule has 1 aliphatic heterocycles. The maximum atomic E-state index is 11.9. The zero-order valence-corrected chi connectivity index (χ0v) is 17.4. The molecule has 0 radical (unpaired) electrons. The molecule has 5 atom stereocenters. The molecule has 0 aliphatic carbocycles. The molecule has 0 bridgehead atoms. The Morgan fingerprint density at radius 2 is 1.80 bits per heavy atom. The molecule has 1 fully saturated rings. The molecule has 1 saturated heterocycles. The fourth-order valence-electron chi connectivity index (χ4n) is 2.39. The molecule has 0 spiro atoms. The molecule has 30 heavy (non-hydrogen) atoms. The number of ether oxygens (including phenoxy) is 1. The molecule has 20 heteroatoms. The van der Waals surface area contributed by atoms with Crippen molar-refractivity contribution in [1.29, 1.82) is 0 Å². The summed E-state index contributed by atoms with van der Waals surface area (Å²) in [6.07, 6.45) is -2.89. The minimum Gasteiger partial charge on any atom is -0.390 e. The van der Waals surface area contributed by atoms with Crippen molar-refractivity contribution in [2.24, 2.45) is 5.73 Å². The average Bonchev–Trinajstić information content (AvgIpc) is 2.90. The predicted molar refractivity (Wildman–Crippen MR) is 93.6 cm³/mol. The zero-order valence-electron chi connectivity index (χ0n) is 14.7. The first-order chi connectivity index (χ1) is 13.6. The molecule has 172 valence electrons. The average molecular weight is 497 g/mol. The highest BCUT2D eigenvalue weighted by molar-refractivity contribution is 7.66. The Kier molecular flexibility index (Phi) is 7.76. The largest absolute Gasteiger partial charge is 0.490 e. The third-order valence-electron chi connectivity index (χ3n) is 3.59. The van der Waals surface area contributed by atoms with Crippen molar-refractivity contribution in [3.8, 4) is 0 Å². The van der Waals surface area contributed by atoms with Crippen LogP contribution in [0.15, 0.2) is 15.8 Å². The van der Waals surface area contributed by atoms with Crippen molar-refractivity contribution in [3.63, 3.8) is 0 Å². The molecule has 0 saturated carbocycles. The number of nitrogens with two attached hydrogens (primary N) is 1. The van der Waals surface area contributed by atoms with Crippen molar-refractivity contribution in [2.45, 2.75) is 31.4 Å². The fourth-order valence-corrected chi connectivity index (χ4v) is 5.42. The van der Waals surface area contributed by atoms with Crippen LogP contribution in [0.2, 0.25) is 0 Å². The molecular weight excluding hydrogens is 479 g/mol. The maximum Gasteiger partial charge on any atom is 0.490 e. The molecule has 0 aromatic carbocycles. The normalized spacial score (nSPS) is 26.3. The van der Waals surface area contributed by atoms with E-state index in [2.05, 4.69) is 13.1 Å². The summed E-state index contributed by atoms with van der Waals surface area (Å²) in [6.45, 7) is -1.09. The van der Waals surface area contributed by atoms with Gasteiger partial charge in [0.25, 0.3) is 5.56 Å². The molecule has 2 unspecified atom stereocenters. The molecule has 8 N–H and O–H groups in total. The van der Waals surface area contributed by atoms with Crippen LogP contribution in [0.1, 0.15) is 18.2 Å². The quantitative estimate of drug-likeness (QED) is 0.182. The Morgan fingerprint density at radius 1 is 1.17 bits per heavy atom. The summed E-state index contributed by atoms with van der Waals surface area (Å²) in [7, 11) is -16.6. The highest BCUT2D eigenvalue weighted by Crippen LogP contribution is 2.66. The summed E-state index contributed by atoms with van der Waals surface area (Å²) < 4.78 is 51.3. The van der Waals surface area contributed by atoms with Gasteiger partial charge in [0.05, 0.1) is 12.7 Å². The molecule has 1 aliphatic rings. The number of phosphoric acid groups is 3. The lowest BCUT2D eigenvalue weighted by molar-refractivity contribution is -0.0450. The molecule has 2 heterocycles. The Labute approximate surface area is 166 Å². The number of nitrogens with one attached hydrogen (secondary N) is 1. The molecule has 17 nitrogen and oxygen atoms in total. The Hall–Kier alpha value is -1.03. The van der Waals surface area contributed by atoms with Gasteiger partial charge in [-0.3, -0.25) is 18.9 Å². The van der Waals surface area contributed by atoms with E-state index in [1.165, 1.54) is 0 Å². The number of aliphatic hydroxyl groups is 1. The van der Waals surface area contributed by atoms with Gasteiger partial charge in [-0.25, -0.2) is 18.5 Å². The van der Waals surface area contributed by atoms with Gasteiger partial charge in [-0.05, 0) is 0 Å². The van der Waals surface area contributed by atoms with Gasteiger partial charge in [0.15, 0.2) is 0 Å². The van der Waals surface area contributed by atoms with E-state index in [0.717, 1.165) is 10.8 Å². The van der Waals surface area contributed by atoms with Crippen LogP contribution in [0.5, 0.6) is 0 Å². The second kappa shape index (κ2) is 9.22. The summed E-state index contributed by atoms with van der Waals surface area (Å²) in [4.78, 5) is 60.9. The van der Waals surface area contributed by atoms with E-state index < -0.39 is 59.8 Å². The van der Waals surface area contributed by atoms with Crippen LogP contribution in [0.4, 0.5) is 0 Å². The molecule has 1 aromatic rings. The van der Waals surface area contributed by atoms with E-state index in [4.69, 9.17) is 25.2 Å². The van der Waals surface area contributed by atoms with Crippen LogP contribution in [-0.2, 0) is 38.1 Å². The monoisotopic (exact) mass is 497 g/mol. The third kappa shape index (κ3) is 7.00. The minimum absolute atomic E-state index is 0.0457. The Bertz CT molecular complexity index is 1030. The van der Waals surface area contributed by atoms with Crippen LogP contribution < -0.4 is 17.0 Å². The molecule has 2 rings (SSSR count). The third-order valence-corrected chi connectivity index (χ3v) is 7.40. The smallest absolute Gasteiger partial charge is 0.390 e. The maximum absolute atomic E-state index is 11.9. The number of hydrogen-bond acceptors (Lipinski definition) is 11. The van der Waals surface area contributed by atoms with Crippen molar-refractivity contribution in [1.82, 2.24) is 9.55 Å². The lowest BCUT2D eigenvalue weighted by atomic mass is 10.2. The topological polar surface area (TPSA) is 270 Å². The highest BCUT2D eigenvalue weighted by atomic mass is 31.3. The second-order valence-electron chi connectivity index (χ2n) is 5.84. The zero-order chi connectivity index (χ0) is 22.9. The summed E-state index contributed by atoms with van der Waals surface area (Å²) in [5, 5.41) is 10.0. The van der Waals surface area contributed by atoms with E-state index in [1.807, 2.05) is 4.98 Å². The van der Waals surface area contributed by atoms with Gasteiger partial charge >= 0.3 is 29.2 Å². The first kappa shape index (κ1) is 25.2. The van der Waals surface area contributed by atoms with Gasteiger partial charge in [-0.1, -0.05) is 0 Å². The van der Waals surface area contributed by atoms with Gasteiger partial charge in [-0.15, -0.1) is 0 Å². The summed E-state index contributed by atoms with van der Waals surface area (Å²) in [6, 6.07) is 0. The number of hydrogen-bond donors (Lipinski definition) is 7. The van der Waals surface area contributed by atoms with E-state index in [-0.39, 0.29) is 18.5 Å². The second-order valence-corrected chi connectivity index (χ2v) is 10.3. The molecule has 0 amide bonds. The van der Waals surface area contributed by atoms with E-state index in [9.17, 15) is 33.3 Å². The first-order valence-corrected chi connectivity index (χ1v) is 12.3. The number of phosphoric ester groups is 1. The number of aliphatic hydroxyl groups excluding tert-OH is 1. The van der Waals surface area contributed by atoms with Crippen LogP contribution in [-0.4, -0.2) is 53.0 Å². The minimum atomic E-state index is -5.69. The van der Waals surface area contributed by atoms with Crippen molar-refractivity contribution in [3.05, 3.63) is 32.6 Å². The van der Waals surface area contributed by atoms with Crippen LogP contribution in [0.25, 0.3) is 0 Å². The summed E-state index contributed by atoms with van der Waals surface area (Å²) in [5.41, 5.74) is 3.85.